The fourth-order valence-electron chi connectivity index (χ4n) is 3.02. The van der Waals surface area contributed by atoms with Crippen molar-refractivity contribution in [1.29, 1.82) is 0 Å². The lowest BCUT2D eigenvalue weighted by molar-refractivity contribution is 0.0773. The van der Waals surface area contributed by atoms with Gasteiger partial charge in [0.05, 0.1) is 0 Å². The molecule has 0 aromatic carbocycles. The van der Waals surface area contributed by atoms with Crippen molar-refractivity contribution in [2.45, 2.75) is 66.0 Å². The summed E-state index contributed by atoms with van der Waals surface area (Å²) < 4.78 is 5.70. The first-order chi connectivity index (χ1) is 9.52. The van der Waals surface area contributed by atoms with Crippen LogP contribution >= 0.6 is 0 Å². The van der Waals surface area contributed by atoms with Crippen LogP contribution in [0.5, 0.6) is 0 Å². The van der Waals surface area contributed by atoms with Gasteiger partial charge in [-0.05, 0) is 31.1 Å². The molecule has 1 fully saturated rings. The van der Waals surface area contributed by atoms with Crippen LogP contribution in [0.1, 0.15) is 53.9 Å². The molecule has 1 saturated heterocycles. The van der Waals surface area contributed by atoms with E-state index in [4.69, 9.17) is 4.74 Å². The zero-order valence-corrected chi connectivity index (χ0v) is 14.3. The van der Waals surface area contributed by atoms with Crippen LogP contribution in [0.25, 0.3) is 0 Å². The summed E-state index contributed by atoms with van der Waals surface area (Å²) in [6, 6.07) is 1.39. The maximum absolute atomic E-state index is 5.70. The Kier molecular flexibility index (Phi) is 8.74. The van der Waals surface area contributed by atoms with Gasteiger partial charge in [-0.3, -0.25) is 4.90 Å². The molecule has 3 nitrogen and oxygen atoms in total. The quantitative estimate of drug-likeness (QED) is 0.658. The second-order valence-electron chi connectivity index (χ2n) is 7.11. The Morgan fingerprint density at radius 2 is 1.95 bits per heavy atom. The lowest BCUT2D eigenvalue weighted by atomic mass is 9.99. The van der Waals surface area contributed by atoms with Crippen LogP contribution in [0.4, 0.5) is 0 Å². The summed E-state index contributed by atoms with van der Waals surface area (Å²) in [6.07, 6.45) is 3.70. The first-order valence-corrected chi connectivity index (χ1v) is 8.58. The Morgan fingerprint density at radius 3 is 2.55 bits per heavy atom. The van der Waals surface area contributed by atoms with Crippen molar-refractivity contribution in [3.8, 4) is 0 Å². The molecule has 2 atom stereocenters. The minimum absolute atomic E-state index is 0.646. The molecule has 1 rings (SSSR count). The molecule has 3 heteroatoms. The number of hydrogen-bond donors (Lipinski definition) is 1. The number of hydrogen-bond acceptors (Lipinski definition) is 3. The first-order valence-electron chi connectivity index (χ1n) is 8.58. The second-order valence-corrected chi connectivity index (χ2v) is 7.11. The van der Waals surface area contributed by atoms with Gasteiger partial charge in [0, 0.05) is 44.9 Å². The van der Waals surface area contributed by atoms with E-state index in [2.05, 4.69) is 44.8 Å². The van der Waals surface area contributed by atoms with Gasteiger partial charge in [0.2, 0.25) is 0 Å². The molecule has 1 aliphatic heterocycles. The summed E-state index contributed by atoms with van der Waals surface area (Å²) in [4.78, 5) is 2.68. The Morgan fingerprint density at radius 1 is 1.20 bits per heavy atom. The van der Waals surface area contributed by atoms with Gasteiger partial charge < -0.3 is 10.1 Å². The third kappa shape index (κ3) is 7.05. The number of rotatable bonds is 9. The molecule has 1 N–H and O–H groups in total. The predicted octanol–water partition coefficient (Wildman–Crippen LogP) is 3.15. The first kappa shape index (κ1) is 17.9. The average Bonchev–Trinajstić information content (AvgIpc) is 2.37. The summed E-state index contributed by atoms with van der Waals surface area (Å²) in [5.74, 6) is 1.43. The molecule has 0 saturated carbocycles. The molecule has 0 amide bonds. The maximum Gasteiger partial charge on any atom is 0.0489 e. The van der Waals surface area contributed by atoms with Crippen molar-refractivity contribution >= 4 is 0 Å². The number of piperazine rings is 1. The largest absolute Gasteiger partial charge is 0.381 e. The molecule has 0 aliphatic carbocycles. The Labute approximate surface area is 126 Å². The lowest BCUT2D eigenvalue weighted by Gasteiger charge is -2.40. The van der Waals surface area contributed by atoms with E-state index in [9.17, 15) is 0 Å². The van der Waals surface area contributed by atoms with E-state index in [1.165, 1.54) is 25.9 Å². The van der Waals surface area contributed by atoms with Crippen LogP contribution in [0, 0.1) is 11.8 Å². The van der Waals surface area contributed by atoms with Gasteiger partial charge in [-0.15, -0.1) is 0 Å². The van der Waals surface area contributed by atoms with Crippen LogP contribution in [0.3, 0.4) is 0 Å². The smallest absolute Gasteiger partial charge is 0.0489 e. The number of ether oxygens (including phenoxy) is 1. The lowest BCUT2D eigenvalue weighted by Crippen LogP contribution is -2.56. The van der Waals surface area contributed by atoms with Gasteiger partial charge in [0.15, 0.2) is 0 Å². The topological polar surface area (TPSA) is 24.5 Å². The van der Waals surface area contributed by atoms with E-state index >= 15 is 0 Å². The molecule has 0 aromatic rings. The third-order valence-corrected chi connectivity index (χ3v) is 4.03. The van der Waals surface area contributed by atoms with Crippen LogP contribution in [0.15, 0.2) is 0 Å². The standard InChI is InChI=1S/C17H36N2O/c1-6-17-11-18-16(10-14(2)3)12-19(17)8-7-9-20-13-15(4)5/h14-18H,6-13H2,1-5H3. The van der Waals surface area contributed by atoms with Gasteiger partial charge in [-0.1, -0.05) is 34.6 Å². The van der Waals surface area contributed by atoms with Crippen LogP contribution in [0.2, 0.25) is 0 Å². The van der Waals surface area contributed by atoms with E-state index in [0.29, 0.717) is 18.0 Å². The predicted molar refractivity (Wildman–Crippen MR) is 87.2 cm³/mol. The van der Waals surface area contributed by atoms with Crippen molar-refractivity contribution < 1.29 is 4.74 Å². The fourth-order valence-corrected chi connectivity index (χ4v) is 3.02. The summed E-state index contributed by atoms with van der Waals surface area (Å²) in [5, 5.41) is 3.73. The van der Waals surface area contributed by atoms with Crippen molar-refractivity contribution in [3.63, 3.8) is 0 Å². The van der Waals surface area contributed by atoms with E-state index in [1.54, 1.807) is 0 Å². The van der Waals surface area contributed by atoms with E-state index in [-0.39, 0.29) is 0 Å². The molecule has 120 valence electrons. The van der Waals surface area contributed by atoms with Crippen molar-refractivity contribution in [2.24, 2.45) is 11.8 Å². The van der Waals surface area contributed by atoms with Crippen molar-refractivity contribution in [3.05, 3.63) is 0 Å². The second kappa shape index (κ2) is 9.75. The zero-order chi connectivity index (χ0) is 15.0. The molecular formula is C17H36N2O. The van der Waals surface area contributed by atoms with Gasteiger partial charge >= 0.3 is 0 Å². The highest BCUT2D eigenvalue weighted by molar-refractivity contribution is 4.85. The van der Waals surface area contributed by atoms with Crippen LogP contribution in [-0.4, -0.2) is 49.8 Å². The highest BCUT2D eigenvalue weighted by Crippen LogP contribution is 2.15. The SMILES string of the molecule is CCC1CNC(CC(C)C)CN1CCCOCC(C)C. The summed E-state index contributed by atoms with van der Waals surface area (Å²) in [5.41, 5.74) is 0. The van der Waals surface area contributed by atoms with E-state index in [0.717, 1.165) is 32.1 Å². The van der Waals surface area contributed by atoms with Gasteiger partial charge in [0.25, 0.3) is 0 Å². The molecule has 2 unspecified atom stereocenters. The molecule has 20 heavy (non-hydrogen) atoms. The minimum atomic E-state index is 0.646. The monoisotopic (exact) mass is 284 g/mol. The van der Waals surface area contributed by atoms with Crippen molar-refractivity contribution in [2.75, 3.05) is 32.8 Å². The molecule has 0 bridgehead atoms. The van der Waals surface area contributed by atoms with Gasteiger partial charge in [-0.25, -0.2) is 0 Å². The highest BCUT2D eigenvalue weighted by atomic mass is 16.5. The summed E-state index contributed by atoms with van der Waals surface area (Å²) in [6.45, 7) is 16.7. The van der Waals surface area contributed by atoms with Gasteiger partial charge in [0.1, 0.15) is 0 Å². The molecular weight excluding hydrogens is 248 g/mol. The van der Waals surface area contributed by atoms with Crippen LogP contribution in [-0.2, 0) is 4.74 Å². The molecule has 0 aromatic heterocycles. The summed E-state index contributed by atoms with van der Waals surface area (Å²) in [7, 11) is 0. The average molecular weight is 284 g/mol. The Hall–Kier alpha value is -0.120. The molecule has 0 spiro atoms. The van der Waals surface area contributed by atoms with E-state index < -0.39 is 0 Å². The maximum atomic E-state index is 5.70. The fraction of sp³-hybridized carbons (Fsp3) is 1.00. The molecule has 0 radical (unpaired) electrons. The Balaban J connectivity index is 2.27. The molecule has 1 aliphatic rings. The van der Waals surface area contributed by atoms with Crippen LogP contribution < -0.4 is 5.32 Å². The highest BCUT2D eigenvalue weighted by Gasteiger charge is 2.26. The van der Waals surface area contributed by atoms with E-state index in [1.807, 2.05) is 0 Å². The van der Waals surface area contributed by atoms with Crippen molar-refractivity contribution in [1.82, 2.24) is 10.2 Å². The number of nitrogens with one attached hydrogen (secondary N) is 1. The Bertz CT molecular complexity index is 243. The normalized spacial score (nSPS) is 24.8. The summed E-state index contributed by atoms with van der Waals surface area (Å²) >= 11 is 0. The minimum Gasteiger partial charge on any atom is -0.381 e. The van der Waals surface area contributed by atoms with Gasteiger partial charge in [-0.2, -0.15) is 0 Å². The number of nitrogens with zero attached hydrogens (tertiary/aromatic N) is 1. The molecule has 1 heterocycles. The third-order valence-electron chi connectivity index (χ3n) is 4.03. The zero-order valence-electron chi connectivity index (χ0n) is 14.3.